The van der Waals surface area contributed by atoms with Crippen molar-refractivity contribution in [3.63, 3.8) is 0 Å². The van der Waals surface area contributed by atoms with Crippen molar-refractivity contribution >= 4 is 16.7 Å². The molecule has 0 saturated heterocycles. The Morgan fingerprint density at radius 2 is 1.67 bits per heavy atom. The van der Waals surface area contributed by atoms with Crippen molar-refractivity contribution in [1.82, 2.24) is 19.9 Å². The molecule has 0 aliphatic rings. The third-order valence-electron chi connectivity index (χ3n) is 5.13. The molecule has 0 bridgehead atoms. The van der Waals surface area contributed by atoms with E-state index in [9.17, 15) is 0 Å². The summed E-state index contributed by atoms with van der Waals surface area (Å²) >= 11 is 0. The maximum absolute atomic E-state index is 5.29. The highest BCUT2D eigenvalue weighted by molar-refractivity contribution is 5.90. The lowest BCUT2D eigenvalue weighted by Gasteiger charge is -2.26. The van der Waals surface area contributed by atoms with Crippen LogP contribution in [0.25, 0.3) is 22.3 Å². The summed E-state index contributed by atoms with van der Waals surface area (Å²) in [5.41, 5.74) is 3.06. The fourth-order valence-electron chi connectivity index (χ4n) is 3.46. The number of nitrogens with one attached hydrogen (secondary N) is 1. The summed E-state index contributed by atoms with van der Waals surface area (Å²) in [5, 5.41) is 4.57. The minimum absolute atomic E-state index is 0.175. The van der Waals surface area contributed by atoms with E-state index in [1.807, 2.05) is 48.5 Å². The fraction of sp³-hybridized carbons (Fsp3) is 0.208. The number of hydrogen-bond acceptors (Lipinski definition) is 6. The Bertz CT molecular complexity index is 1110. The number of pyridine rings is 1. The summed E-state index contributed by atoms with van der Waals surface area (Å²) in [6, 6.07) is 20.3. The van der Waals surface area contributed by atoms with Crippen LogP contribution in [0.1, 0.15) is 11.6 Å². The zero-order chi connectivity index (χ0) is 20.9. The number of nitrogens with zero attached hydrogens (tertiary/aromatic N) is 4. The molecule has 2 aromatic carbocycles. The van der Waals surface area contributed by atoms with Gasteiger partial charge in [0.05, 0.1) is 18.7 Å². The van der Waals surface area contributed by atoms with Gasteiger partial charge in [-0.15, -0.1) is 0 Å². The Morgan fingerprint density at radius 3 is 2.37 bits per heavy atom. The minimum Gasteiger partial charge on any atom is -0.497 e. The van der Waals surface area contributed by atoms with E-state index in [-0.39, 0.29) is 6.04 Å². The van der Waals surface area contributed by atoms with Crippen molar-refractivity contribution in [2.45, 2.75) is 6.04 Å². The summed E-state index contributed by atoms with van der Waals surface area (Å²) in [6.45, 7) is 0.704. The number of aromatic nitrogens is 3. The Morgan fingerprint density at radius 1 is 0.933 bits per heavy atom. The molecular formula is C24H25N5O. The first kappa shape index (κ1) is 19.8. The van der Waals surface area contributed by atoms with E-state index in [4.69, 9.17) is 14.7 Å². The van der Waals surface area contributed by atoms with Gasteiger partial charge in [0.2, 0.25) is 0 Å². The Labute approximate surface area is 176 Å². The summed E-state index contributed by atoms with van der Waals surface area (Å²) in [5.74, 6) is 2.37. The van der Waals surface area contributed by atoms with Gasteiger partial charge >= 0.3 is 0 Å². The second-order valence-corrected chi connectivity index (χ2v) is 7.28. The maximum atomic E-state index is 5.29. The molecular weight excluding hydrogens is 374 g/mol. The molecule has 152 valence electrons. The normalized spacial score (nSPS) is 12.1. The smallest absolute Gasteiger partial charge is 0.162 e. The van der Waals surface area contributed by atoms with E-state index in [2.05, 4.69) is 41.4 Å². The van der Waals surface area contributed by atoms with Gasteiger partial charge in [-0.3, -0.25) is 4.98 Å². The lowest BCUT2D eigenvalue weighted by atomic mass is 10.1. The third kappa shape index (κ3) is 4.23. The van der Waals surface area contributed by atoms with E-state index in [1.54, 1.807) is 19.5 Å². The predicted molar refractivity (Wildman–Crippen MR) is 121 cm³/mol. The standard InChI is InChI=1S/C24H25N5O/c1-29(2)22(17-8-10-19(30-3)11-9-17)16-26-24-20-6-4-5-7-21(20)27-23(28-24)18-12-14-25-15-13-18/h4-15,22H,16H2,1-3H3,(H,26,27,28). The molecule has 6 heteroatoms. The zero-order valence-electron chi connectivity index (χ0n) is 17.4. The molecule has 1 unspecified atom stereocenters. The molecule has 4 aromatic rings. The van der Waals surface area contributed by atoms with Gasteiger partial charge in [0, 0.05) is 29.9 Å². The number of likely N-dealkylation sites (N-methyl/N-ethyl adjacent to an activating group) is 1. The van der Waals surface area contributed by atoms with Crippen molar-refractivity contribution in [3.05, 3.63) is 78.6 Å². The summed E-state index contributed by atoms with van der Waals surface area (Å²) in [4.78, 5) is 15.9. The molecule has 0 fully saturated rings. The van der Waals surface area contributed by atoms with Crippen LogP contribution in [0.15, 0.2) is 73.1 Å². The van der Waals surface area contributed by atoms with E-state index < -0.39 is 0 Å². The number of anilines is 1. The van der Waals surface area contributed by atoms with Gasteiger partial charge < -0.3 is 15.0 Å². The quantitative estimate of drug-likeness (QED) is 0.496. The average molecular weight is 399 g/mol. The summed E-state index contributed by atoms with van der Waals surface area (Å²) < 4.78 is 5.29. The number of methoxy groups -OCH3 is 1. The van der Waals surface area contributed by atoms with Crippen molar-refractivity contribution in [3.8, 4) is 17.1 Å². The first-order valence-corrected chi connectivity index (χ1v) is 9.87. The molecule has 6 nitrogen and oxygen atoms in total. The molecule has 0 saturated carbocycles. The first-order chi connectivity index (χ1) is 14.7. The number of para-hydroxylation sites is 1. The molecule has 1 atom stereocenters. The highest BCUT2D eigenvalue weighted by atomic mass is 16.5. The first-order valence-electron chi connectivity index (χ1n) is 9.87. The van der Waals surface area contributed by atoms with Crippen molar-refractivity contribution in [2.24, 2.45) is 0 Å². The Hall–Kier alpha value is -3.51. The number of fused-ring (bicyclic) bond motifs is 1. The van der Waals surface area contributed by atoms with Gasteiger partial charge in [-0.25, -0.2) is 9.97 Å². The van der Waals surface area contributed by atoms with Gasteiger partial charge in [-0.05, 0) is 56.1 Å². The van der Waals surface area contributed by atoms with Crippen molar-refractivity contribution in [2.75, 3.05) is 33.1 Å². The minimum atomic E-state index is 0.175. The van der Waals surface area contributed by atoms with Crippen LogP contribution in [0, 0.1) is 0 Å². The largest absolute Gasteiger partial charge is 0.497 e. The Balaban J connectivity index is 1.66. The second-order valence-electron chi connectivity index (χ2n) is 7.28. The van der Waals surface area contributed by atoms with E-state index in [1.165, 1.54) is 5.56 Å². The number of benzene rings is 2. The molecule has 1 N–H and O–H groups in total. The zero-order valence-corrected chi connectivity index (χ0v) is 17.4. The molecule has 30 heavy (non-hydrogen) atoms. The van der Waals surface area contributed by atoms with E-state index in [0.717, 1.165) is 28.0 Å². The molecule has 0 aliphatic heterocycles. The maximum Gasteiger partial charge on any atom is 0.162 e. The van der Waals surface area contributed by atoms with Gasteiger partial charge in [0.1, 0.15) is 11.6 Å². The monoisotopic (exact) mass is 399 g/mol. The second kappa shape index (κ2) is 8.88. The van der Waals surface area contributed by atoms with Crippen LogP contribution in [0.3, 0.4) is 0 Å². The average Bonchev–Trinajstić information content (AvgIpc) is 2.79. The van der Waals surface area contributed by atoms with Crippen LogP contribution in [-0.4, -0.2) is 47.6 Å². The SMILES string of the molecule is COc1ccc(C(CNc2nc(-c3ccncc3)nc3ccccc23)N(C)C)cc1. The van der Waals surface area contributed by atoms with Gasteiger partial charge in [-0.1, -0.05) is 24.3 Å². The van der Waals surface area contributed by atoms with Crippen molar-refractivity contribution < 1.29 is 4.74 Å². The predicted octanol–water partition coefficient (Wildman–Crippen LogP) is 4.42. The van der Waals surface area contributed by atoms with Crippen LogP contribution in [-0.2, 0) is 0 Å². The Kier molecular flexibility index (Phi) is 5.86. The molecule has 0 radical (unpaired) electrons. The highest BCUT2D eigenvalue weighted by Crippen LogP contribution is 2.27. The third-order valence-corrected chi connectivity index (χ3v) is 5.13. The number of rotatable bonds is 7. The molecule has 0 aliphatic carbocycles. The molecule has 4 rings (SSSR count). The van der Waals surface area contributed by atoms with E-state index in [0.29, 0.717) is 12.4 Å². The van der Waals surface area contributed by atoms with Gasteiger partial charge in [0.15, 0.2) is 5.82 Å². The van der Waals surface area contributed by atoms with Crippen molar-refractivity contribution in [1.29, 1.82) is 0 Å². The van der Waals surface area contributed by atoms with Crippen LogP contribution in [0.2, 0.25) is 0 Å². The summed E-state index contributed by atoms with van der Waals surface area (Å²) in [7, 11) is 5.84. The lowest BCUT2D eigenvalue weighted by Crippen LogP contribution is -2.27. The molecule has 2 heterocycles. The van der Waals surface area contributed by atoms with E-state index >= 15 is 0 Å². The summed E-state index contributed by atoms with van der Waals surface area (Å²) in [6.07, 6.45) is 3.51. The number of ether oxygens (including phenoxy) is 1. The highest BCUT2D eigenvalue weighted by Gasteiger charge is 2.16. The number of hydrogen-bond donors (Lipinski definition) is 1. The van der Waals surface area contributed by atoms with Gasteiger partial charge in [0.25, 0.3) is 0 Å². The molecule has 0 amide bonds. The molecule has 0 spiro atoms. The lowest BCUT2D eigenvalue weighted by molar-refractivity contribution is 0.311. The fourth-order valence-corrected chi connectivity index (χ4v) is 3.46. The van der Waals surface area contributed by atoms with Crippen LogP contribution >= 0.6 is 0 Å². The van der Waals surface area contributed by atoms with Gasteiger partial charge in [-0.2, -0.15) is 0 Å². The van der Waals surface area contributed by atoms with Crippen LogP contribution in [0.4, 0.5) is 5.82 Å². The van der Waals surface area contributed by atoms with Crippen LogP contribution < -0.4 is 10.1 Å². The van der Waals surface area contributed by atoms with Crippen LogP contribution in [0.5, 0.6) is 5.75 Å². The topological polar surface area (TPSA) is 63.2 Å². The molecule has 2 aromatic heterocycles.